The zero-order chi connectivity index (χ0) is 13.8. The highest BCUT2D eigenvalue weighted by atomic mass is 19.4. The molecule has 0 spiro atoms. The van der Waals surface area contributed by atoms with Gasteiger partial charge in [0.05, 0.1) is 5.92 Å². The van der Waals surface area contributed by atoms with Crippen LogP contribution in [0.4, 0.5) is 13.2 Å². The third-order valence-corrected chi connectivity index (χ3v) is 3.16. The van der Waals surface area contributed by atoms with Crippen LogP contribution in [0.15, 0.2) is 0 Å². The fourth-order valence-corrected chi connectivity index (χ4v) is 2.22. The topological polar surface area (TPSA) is 52.6 Å². The Morgan fingerprint density at radius 2 is 2.22 bits per heavy atom. The Bertz CT molecular complexity index is 284. The van der Waals surface area contributed by atoms with Crippen LogP contribution in [0.1, 0.15) is 19.8 Å². The molecule has 0 aromatic heterocycles. The molecule has 1 aliphatic rings. The number of carboxylic acid groups (broad SMARTS) is 1. The van der Waals surface area contributed by atoms with Crippen molar-refractivity contribution in [1.29, 1.82) is 0 Å². The lowest BCUT2D eigenvalue weighted by Crippen LogP contribution is -2.50. The molecule has 0 radical (unpaired) electrons. The minimum atomic E-state index is -4.18. The summed E-state index contributed by atoms with van der Waals surface area (Å²) in [5.74, 6) is -2.35. The van der Waals surface area contributed by atoms with Crippen LogP contribution < -0.4 is 5.32 Å². The summed E-state index contributed by atoms with van der Waals surface area (Å²) in [6.07, 6.45) is -3.59. The summed E-state index contributed by atoms with van der Waals surface area (Å²) in [6.45, 7) is 2.80. The number of aliphatic carboxylic acids is 1. The van der Waals surface area contributed by atoms with E-state index in [1.54, 1.807) is 11.8 Å². The third-order valence-electron chi connectivity index (χ3n) is 3.16. The van der Waals surface area contributed by atoms with Gasteiger partial charge in [0.2, 0.25) is 0 Å². The number of hydrogen-bond acceptors (Lipinski definition) is 3. The van der Waals surface area contributed by atoms with Gasteiger partial charge in [0.1, 0.15) is 6.04 Å². The fourth-order valence-electron chi connectivity index (χ4n) is 2.22. The molecule has 1 aliphatic heterocycles. The van der Waals surface area contributed by atoms with Crippen LogP contribution in [-0.2, 0) is 4.79 Å². The van der Waals surface area contributed by atoms with Crippen LogP contribution >= 0.6 is 0 Å². The molecule has 7 heteroatoms. The van der Waals surface area contributed by atoms with E-state index in [0.717, 1.165) is 0 Å². The van der Waals surface area contributed by atoms with Crippen LogP contribution in [0.25, 0.3) is 0 Å². The van der Waals surface area contributed by atoms with Crippen molar-refractivity contribution in [3.05, 3.63) is 0 Å². The highest BCUT2D eigenvalue weighted by molar-refractivity contribution is 5.73. The molecule has 1 saturated heterocycles. The number of carbonyl (C=O) groups is 1. The monoisotopic (exact) mass is 268 g/mol. The van der Waals surface area contributed by atoms with Gasteiger partial charge in [-0.25, -0.2) is 0 Å². The van der Waals surface area contributed by atoms with E-state index in [1.165, 1.54) is 0 Å². The first-order valence-electron chi connectivity index (χ1n) is 6.09. The minimum Gasteiger partial charge on any atom is -0.480 e. The van der Waals surface area contributed by atoms with Gasteiger partial charge in [-0.15, -0.1) is 0 Å². The average molecular weight is 268 g/mol. The van der Waals surface area contributed by atoms with Crippen molar-refractivity contribution in [2.75, 3.05) is 26.2 Å². The summed E-state index contributed by atoms with van der Waals surface area (Å²) in [7, 11) is 0. The van der Waals surface area contributed by atoms with Crippen molar-refractivity contribution >= 4 is 5.97 Å². The largest absolute Gasteiger partial charge is 0.480 e. The average Bonchev–Trinajstić information content (AvgIpc) is 2.27. The molecular weight excluding hydrogens is 249 g/mol. The lowest BCUT2D eigenvalue weighted by atomic mass is 9.97. The Hall–Kier alpha value is -0.820. The Labute approximate surface area is 104 Å². The maximum absolute atomic E-state index is 12.6. The fraction of sp³-hybridized carbons (Fsp3) is 0.909. The Kier molecular flexibility index (Phi) is 5.40. The normalized spacial score (nSPS) is 23.9. The minimum absolute atomic E-state index is 0.0985. The molecule has 106 valence electrons. The number of likely N-dealkylation sites (N-methyl/N-ethyl adjacent to an activating group) is 1. The van der Waals surface area contributed by atoms with Crippen LogP contribution in [-0.4, -0.2) is 54.4 Å². The zero-order valence-corrected chi connectivity index (χ0v) is 10.3. The van der Waals surface area contributed by atoms with Gasteiger partial charge in [-0.05, 0) is 25.9 Å². The molecule has 0 aromatic rings. The van der Waals surface area contributed by atoms with Crippen molar-refractivity contribution in [3.63, 3.8) is 0 Å². The molecule has 2 N–H and O–H groups in total. The van der Waals surface area contributed by atoms with Crippen LogP contribution in [0.3, 0.4) is 0 Å². The summed E-state index contributed by atoms with van der Waals surface area (Å²) < 4.78 is 37.8. The van der Waals surface area contributed by atoms with Gasteiger partial charge >= 0.3 is 12.1 Å². The van der Waals surface area contributed by atoms with Crippen LogP contribution in [0.2, 0.25) is 0 Å². The molecule has 1 rings (SSSR count). The van der Waals surface area contributed by atoms with Crippen LogP contribution in [0.5, 0.6) is 0 Å². The van der Waals surface area contributed by atoms with Crippen molar-refractivity contribution < 1.29 is 23.1 Å². The second-order valence-corrected chi connectivity index (χ2v) is 4.59. The molecule has 2 unspecified atom stereocenters. The second-order valence-electron chi connectivity index (χ2n) is 4.59. The standard InChI is InChI=1S/C11H19F3N2O2/c1-2-15-9(10(17)18)7-16-5-3-4-8(6-16)11(12,13)14/h8-9,15H,2-7H2,1H3,(H,17,18). The van der Waals surface area contributed by atoms with E-state index < -0.39 is 24.1 Å². The van der Waals surface area contributed by atoms with Crippen LogP contribution in [0, 0.1) is 5.92 Å². The number of halogens is 3. The van der Waals surface area contributed by atoms with Gasteiger partial charge in [0, 0.05) is 13.1 Å². The van der Waals surface area contributed by atoms with Gasteiger partial charge in [-0.1, -0.05) is 6.92 Å². The highest BCUT2D eigenvalue weighted by Gasteiger charge is 2.42. The molecule has 0 aromatic carbocycles. The molecule has 0 amide bonds. The van der Waals surface area contributed by atoms with Crippen molar-refractivity contribution in [3.8, 4) is 0 Å². The Morgan fingerprint density at radius 1 is 1.56 bits per heavy atom. The van der Waals surface area contributed by atoms with E-state index in [9.17, 15) is 18.0 Å². The predicted molar refractivity (Wildman–Crippen MR) is 60.3 cm³/mol. The van der Waals surface area contributed by atoms with Gasteiger partial charge in [0.15, 0.2) is 0 Å². The SMILES string of the molecule is CCNC(CN1CCCC(C(F)(F)F)C1)C(=O)O. The molecule has 1 fully saturated rings. The highest BCUT2D eigenvalue weighted by Crippen LogP contribution is 2.33. The Balaban J connectivity index is 2.53. The lowest BCUT2D eigenvalue weighted by Gasteiger charge is -2.35. The molecule has 4 nitrogen and oxygen atoms in total. The third kappa shape index (κ3) is 4.45. The van der Waals surface area contributed by atoms with Crippen molar-refractivity contribution in [2.24, 2.45) is 5.92 Å². The first-order chi connectivity index (χ1) is 8.34. The summed E-state index contributed by atoms with van der Waals surface area (Å²) in [4.78, 5) is 12.5. The van der Waals surface area contributed by atoms with E-state index in [-0.39, 0.29) is 19.5 Å². The zero-order valence-electron chi connectivity index (χ0n) is 10.3. The van der Waals surface area contributed by atoms with E-state index in [2.05, 4.69) is 5.32 Å². The number of nitrogens with one attached hydrogen (secondary N) is 1. The van der Waals surface area contributed by atoms with Gasteiger partial charge in [-0.3, -0.25) is 4.79 Å². The maximum atomic E-state index is 12.6. The number of likely N-dealkylation sites (tertiary alicyclic amines) is 1. The van der Waals surface area contributed by atoms with Gasteiger partial charge in [-0.2, -0.15) is 13.2 Å². The second kappa shape index (κ2) is 6.38. The number of alkyl halides is 3. The van der Waals surface area contributed by atoms with E-state index in [4.69, 9.17) is 5.11 Å². The number of rotatable bonds is 5. The van der Waals surface area contributed by atoms with E-state index in [0.29, 0.717) is 19.5 Å². The summed E-state index contributed by atoms with van der Waals surface area (Å²) in [5, 5.41) is 11.7. The Morgan fingerprint density at radius 3 is 2.72 bits per heavy atom. The smallest absolute Gasteiger partial charge is 0.393 e. The quantitative estimate of drug-likeness (QED) is 0.789. The molecule has 2 atom stereocenters. The summed E-state index contributed by atoms with van der Waals surface area (Å²) >= 11 is 0. The molecular formula is C11H19F3N2O2. The van der Waals surface area contributed by atoms with E-state index in [1.807, 2.05) is 0 Å². The summed E-state index contributed by atoms with van der Waals surface area (Å²) in [6, 6.07) is -0.804. The summed E-state index contributed by atoms with van der Waals surface area (Å²) in [5.41, 5.74) is 0. The molecule has 0 saturated carbocycles. The molecule has 18 heavy (non-hydrogen) atoms. The van der Waals surface area contributed by atoms with E-state index >= 15 is 0 Å². The van der Waals surface area contributed by atoms with Gasteiger partial charge < -0.3 is 15.3 Å². The molecule has 0 bridgehead atoms. The number of carboxylic acids is 1. The first-order valence-corrected chi connectivity index (χ1v) is 6.09. The van der Waals surface area contributed by atoms with Gasteiger partial charge in [0.25, 0.3) is 0 Å². The molecule has 1 heterocycles. The van der Waals surface area contributed by atoms with Crippen molar-refractivity contribution in [1.82, 2.24) is 10.2 Å². The number of hydrogen-bond donors (Lipinski definition) is 2. The maximum Gasteiger partial charge on any atom is 0.393 e. The number of piperidine rings is 1. The number of nitrogens with zero attached hydrogens (tertiary/aromatic N) is 1. The lowest BCUT2D eigenvalue weighted by molar-refractivity contribution is -0.187. The molecule has 0 aliphatic carbocycles. The van der Waals surface area contributed by atoms with Crippen molar-refractivity contribution in [2.45, 2.75) is 32.0 Å². The first kappa shape index (κ1) is 15.2. The predicted octanol–water partition coefficient (Wildman–Crippen LogP) is 1.32.